The van der Waals surface area contributed by atoms with Crippen LogP contribution in [0.2, 0.25) is 0 Å². The van der Waals surface area contributed by atoms with E-state index in [1.165, 1.54) is 0 Å². The summed E-state index contributed by atoms with van der Waals surface area (Å²) in [4.78, 5) is 0. The zero-order chi connectivity index (χ0) is 14.6. The highest BCUT2D eigenvalue weighted by Crippen LogP contribution is 2.34. The van der Waals surface area contributed by atoms with E-state index in [-0.39, 0.29) is 18.3 Å². The third kappa shape index (κ3) is 3.56. The van der Waals surface area contributed by atoms with Crippen molar-refractivity contribution in [1.29, 1.82) is 5.26 Å². The van der Waals surface area contributed by atoms with Gasteiger partial charge in [-0.1, -0.05) is 45.9 Å². The zero-order valence-electron chi connectivity index (χ0n) is 12.1. The molecule has 2 atom stereocenters. The molecule has 0 heterocycles. The maximum Gasteiger partial charge on any atom is 0.106 e. The molecule has 3 nitrogen and oxygen atoms in total. The van der Waals surface area contributed by atoms with Crippen LogP contribution < -0.4 is 0 Å². The lowest BCUT2D eigenvalue weighted by Gasteiger charge is -2.25. The molecular weight excluding hydrogens is 238 g/mol. The molecule has 0 radical (unpaired) electrons. The molecule has 1 rings (SSSR count). The Balaban J connectivity index is 3.32. The molecular formula is C16H23NO2. The fourth-order valence-corrected chi connectivity index (χ4v) is 2.35. The maximum absolute atomic E-state index is 10.4. The van der Waals surface area contributed by atoms with Crippen LogP contribution in [0.4, 0.5) is 0 Å². The first-order valence-electron chi connectivity index (χ1n) is 6.75. The molecule has 19 heavy (non-hydrogen) atoms. The predicted molar refractivity (Wildman–Crippen MR) is 75.8 cm³/mol. The van der Waals surface area contributed by atoms with Crippen LogP contribution in [-0.2, 0) is 0 Å². The topological polar surface area (TPSA) is 64.2 Å². The van der Waals surface area contributed by atoms with Gasteiger partial charge in [-0.2, -0.15) is 5.26 Å². The Morgan fingerprint density at radius 2 is 1.53 bits per heavy atom. The van der Waals surface area contributed by atoms with Crippen molar-refractivity contribution < 1.29 is 10.2 Å². The van der Waals surface area contributed by atoms with E-state index in [0.29, 0.717) is 0 Å². The summed E-state index contributed by atoms with van der Waals surface area (Å²) in [6.45, 7) is 8.25. The monoisotopic (exact) mass is 261 g/mol. The summed E-state index contributed by atoms with van der Waals surface area (Å²) >= 11 is 0. The SMILES string of the molecule is CC(C)c1cccc(C(C)C)c1C(O)C(O)CC#N. The highest BCUT2D eigenvalue weighted by Gasteiger charge is 2.25. The second-order valence-electron chi connectivity index (χ2n) is 5.53. The van der Waals surface area contributed by atoms with Crippen LogP contribution in [0.5, 0.6) is 0 Å². The molecule has 0 bridgehead atoms. The molecule has 0 spiro atoms. The number of nitrogens with zero attached hydrogens (tertiary/aromatic N) is 1. The van der Waals surface area contributed by atoms with Crippen molar-refractivity contribution in [1.82, 2.24) is 0 Å². The Labute approximate surface area is 115 Å². The van der Waals surface area contributed by atoms with E-state index in [1.807, 2.05) is 24.3 Å². The van der Waals surface area contributed by atoms with Gasteiger partial charge in [0.25, 0.3) is 0 Å². The molecule has 1 aromatic carbocycles. The quantitative estimate of drug-likeness (QED) is 0.855. The van der Waals surface area contributed by atoms with Gasteiger partial charge in [-0.3, -0.25) is 0 Å². The largest absolute Gasteiger partial charge is 0.389 e. The van der Waals surface area contributed by atoms with E-state index in [4.69, 9.17) is 5.26 Å². The fourth-order valence-electron chi connectivity index (χ4n) is 2.35. The summed E-state index contributed by atoms with van der Waals surface area (Å²) in [7, 11) is 0. The van der Waals surface area contributed by atoms with Gasteiger partial charge in [0.15, 0.2) is 0 Å². The van der Waals surface area contributed by atoms with Gasteiger partial charge in [0.1, 0.15) is 6.10 Å². The van der Waals surface area contributed by atoms with E-state index in [1.54, 1.807) is 0 Å². The van der Waals surface area contributed by atoms with E-state index in [9.17, 15) is 10.2 Å². The summed E-state index contributed by atoms with van der Waals surface area (Å²) in [6, 6.07) is 7.85. The molecule has 0 fully saturated rings. The van der Waals surface area contributed by atoms with Crippen molar-refractivity contribution in [3.05, 3.63) is 34.9 Å². The first-order chi connectivity index (χ1) is 8.90. The molecule has 0 aliphatic carbocycles. The zero-order valence-corrected chi connectivity index (χ0v) is 12.1. The molecule has 1 aromatic rings. The Hall–Kier alpha value is -1.37. The van der Waals surface area contributed by atoms with Gasteiger partial charge in [-0.25, -0.2) is 0 Å². The average Bonchev–Trinajstić information content (AvgIpc) is 2.36. The molecule has 0 aromatic heterocycles. The van der Waals surface area contributed by atoms with E-state index in [2.05, 4.69) is 27.7 Å². The van der Waals surface area contributed by atoms with Crippen molar-refractivity contribution >= 4 is 0 Å². The van der Waals surface area contributed by atoms with Gasteiger partial charge < -0.3 is 10.2 Å². The Kier molecular flexibility index (Phi) is 5.53. The molecule has 0 saturated heterocycles. The second-order valence-corrected chi connectivity index (χ2v) is 5.53. The standard InChI is InChI=1S/C16H23NO2/c1-10(2)12-6-5-7-13(11(3)4)15(12)16(19)14(18)8-9-17/h5-7,10-11,14,16,18-19H,8H2,1-4H3. The fraction of sp³-hybridized carbons (Fsp3) is 0.562. The van der Waals surface area contributed by atoms with E-state index >= 15 is 0 Å². The van der Waals surface area contributed by atoms with Crippen LogP contribution in [0, 0.1) is 11.3 Å². The number of aliphatic hydroxyl groups is 2. The summed E-state index contributed by atoms with van der Waals surface area (Å²) in [6.07, 6.45) is -2.11. The minimum Gasteiger partial charge on any atom is -0.389 e. The number of rotatable bonds is 5. The molecule has 2 unspecified atom stereocenters. The van der Waals surface area contributed by atoms with Crippen LogP contribution >= 0.6 is 0 Å². The average molecular weight is 261 g/mol. The Bertz CT molecular complexity index is 434. The van der Waals surface area contributed by atoms with Crippen molar-refractivity contribution in [2.75, 3.05) is 0 Å². The molecule has 0 aliphatic heterocycles. The first-order valence-corrected chi connectivity index (χ1v) is 6.75. The minimum absolute atomic E-state index is 0.0644. The molecule has 0 aliphatic rings. The lowest BCUT2D eigenvalue weighted by atomic mass is 9.84. The smallest absolute Gasteiger partial charge is 0.106 e. The third-order valence-corrected chi connectivity index (χ3v) is 3.38. The van der Waals surface area contributed by atoms with Crippen molar-refractivity contribution in [3.63, 3.8) is 0 Å². The second kappa shape index (κ2) is 6.70. The molecule has 104 valence electrons. The highest BCUT2D eigenvalue weighted by atomic mass is 16.3. The minimum atomic E-state index is -1.04. The van der Waals surface area contributed by atoms with Gasteiger partial charge >= 0.3 is 0 Å². The van der Waals surface area contributed by atoms with E-state index in [0.717, 1.165) is 16.7 Å². The van der Waals surface area contributed by atoms with Gasteiger partial charge in [-0.05, 0) is 28.5 Å². The number of nitriles is 1. The summed E-state index contributed by atoms with van der Waals surface area (Å²) < 4.78 is 0. The summed E-state index contributed by atoms with van der Waals surface area (Å²) in [5, 5.41) is 29.0. The van der Waals surface area contributed by atoms with Crippen LogP contribution in [0.25, 0.3) is 0 Å². The lowest BCUT2D eigenvalue weighted by Crippen LogP contribution is -2.21. The Morgan fingerprint density at radius 1 is 1.05 bits per heavy atom. The number of benzene rings is 1. The predicted octanol–water partition coefficient (Wildman–Crippen LogP) is 3.24. The number of hydrogen-bond acceptors (Lipinski definition) is 3. The van der Waals surface area contributed by atoms with Gasteiger partial charge in [0.2, 0.25) is 0 Å². The number of hydrogen-bond donors (Lipinski definition) is 2. The van der Waals surface area contributed by atoms with E-state index < -0.39 is 12.2 Å². The first kappa shape index (κ1) is 15.7. The molecule has 3 heteroatoms. The normalized spacial score (nSPS) is 14.5. The van der Waals surface area contributed by atoms with Crippen molar-refractivity contribution in [3.8, 4) is 6.07 Å². The molecule has 0 amide bonds. The molecule has 2 N–H and O–H groups in total. The molecule has 0 saturated carbocycles. The van der Waals surface area contributed by atoms with Crippen LogP contribution in [-0.4, -0.2) is 16.3 Å². The van der Waals surface area contributed by atoms with Crippen molar-refractivity contribution in [2.45, 2.75) is 58.2 Å². The summed E-state index contributed by atoms with van der Waals surface area (Å²) in [5.74, 6) is 0.523. The highest BCUT2D eigenvalue weighted by molar-refractivity contribution is 5.41. The van der Waals surface area contributed by atoms with Crippen LogP contribution in [0.1, 0.15) is 68.7 Å². The van der Waals surface area contributed by atoms with Gasteiger partial charge in [-0.15, -0.1) is 0 Å². The maximum atomic E-state index is 10.4. The van der Waals surface area contributed by atoms with Crippen LogP contribution in [0.15, 0.2) is 18.2 Å². The summed E-state index contributed by atoms with van der Waals surface area (Å²) in [5.41, 5.74) is 2.86. The lowest BCUT2D eigenvalue weighted by molar-refractivity contribution is 0.0203. The third-order valence-electron chi connectivity index (χ3n) is 3.38. The van der Waals surface area contributed by atoms with Crippen molar-refractivity contribution in [2.24, 2.45) is 0 Å². The van der Waals surface area contributed by atoms with Crippen LogP contribution in [0.3, 0.4) is 0 Å². The Morgan fingerprint density at radius 3 is 1.89 bits per heavy atom. The van der Waals surface area contributed by atoms with Gasteiger partial charge in [0.05, 0.1) is 18.6 Å². The van der Waals surface area contributed by atoms with Gasteiger partial charge in [0, 0.05) is 0 Å². The number of aliphatic hydroxyl groups excluding tert-OH is 2.